The number of aryl methyl sites for hydroxylation is 1. The van der Waals surface area contributed by atoms with Gasteiger partial charge in [0, 0.05) is 24.7 Å². The summed E-state index contributed by atoms with van der Waals surface area (Å²) >= 11 is 0. The third-order valence-corrected chi connectivity index (χ3v) is 12.6. The number of hydrogen-bond acceptors (Lipinski definition) is 9. The van der Waals surface area contributed by atoms with Crippen LogP contribution in [0.1, 0.15) is 56.5 Å². The van der Waals surface area contributed by atoms with Gasteiger partial charge in [-0.1, -0.05) is 45.0 Å². The van der Waals surface area contributed by atoms with E-state index < -0.39 is 20.2 Å². The van der Waals surface area contributed by atoms with Gasteiger partial charge in [-0.2, -0.15) is 13.2 Å². The van der Waals surface area contributed by atoms with Crippen molar-refractivity contribution in [3.63, 3.8) is 0 Å². The Morgan fingerprint density at radius 3 is 2.22 bits per heavy atom. The minimum absolute atomic E-state index is 0.137. The number of ether oxygens (including phenoxy) is 2. The van der Waals surface area contributed by atoms with E-state index in [4.69, 9.17) is 19.0 Å². The number of rotatable bonds is 10. The summed E-state index contributed by atoms with van der Waals surface area (Å²) in [6.45, 7) is 11.0. The first-order valence-electron chi connectivity index (χ1n) is 14.6. The van der Waals surface area contributed by atoms with Crippen LogP contribution in [0.4, 0.5) is 19.0 Å². The molecule has 14 heteroatoms. The van der Waals surface area contributed by atoms with Crippen molar-refractivity contribution in [2.24, 2.45) is 7.05 Å². The number of halogens is 3. The summed E-state index contributed by atoms with van der Waals surface area (Å²) in [7, 11) is 2.22. The van der Waals surface area contributed by atoms with Gasteiger partial charge in [-0.3, -0.25) is 0 Å². The van der Waals surface area contributed by atoms with Crippen molar-refractivity contribution in [3.05, 3.63) is 59.9 Å². The SMILES string of the molecule is COc1cnc(-c2c(OC)ncnc2C2CC2)nc1N(Cc1ccc(-c2nc(C(F)(F)F)cn2C)cc1)O[Si](C)(C)C(C)(C)C. The lowest BCUT2D eigenvalue weighted by Gasteiger charge is -2.40. The summed E-state index contributed by atoms with van der Waals surface area (Å²) < 4.78 is 59.3. The summed E-state index contributed by atoms with van der Waals surface area (Å²) in [6, 6.07) is 7.18. The number of hydroxylamine groups is 1. The molecule has 0 radical (unpaired) electrons. The summed E-state index contributed by atoms with van der Waals surface area (Å²) in [4.78, 5) is 22.3. The van der Waals surface area contributed by atoms with E-state index in [0.29, 0.717) is 34.4 Å². The molecule has 0 N–H and O–H groups in total. The van der Waals surface area contributed by atoms with E-state index in [2.05, 4.69) is 53.8 Å². The second-order valence-corrected chi connectivity index (χ2v) is 17.3. The molecule has 240 valence electrons. The van der Waals surface area contributed by atoms with Crippen molar-refractivity contribution < 1.29 is 27.2 Å². The molecule has 3 aromatic heterocycles. The number of hydrogen-bond donors (Lipinski definition) is 0. The lowest BCUT2D eigenvalue weighted by molar-refractivity contribution is -0.140. The Labute approximate surface area is 261 Å². The quantitative estimate of drug-likeness (QED) is 0.132. The molecule has 4 aromatic rings. The average Bonchev–Trinajstić information content (AvgIpc) is 3.75. The van der Waals surface area contributed by atoms with E-state index in [-0.39, 0.29) is 23.3 Å². The fourth-order valence-corrected chi connectivity index (χ4v) is 5.55. The van der Waals surface area contributed by atoms with Crippen LogP contribution >= 0.6 is 0 Å². The van der Waals surface area contributed by atoms with Crippen molar-refractivity contribution in [2.45, 2.75) is 70.4 Å². The molecule has 0 bridgehead atoms. The van der Waals surface area contributed by atoms with Gasteiger partial charge in [0.05, 0.1) is 32.7 Å². The van der Waals surface area contributed by atoms with Gasteiger partial charge in [-0.15, -0.1) is 0 Å². The third kappa shape index (κ3) is 6.81. The molecule has 1 aliphatic carbocycles. The van der Waals surface area contributed by atoms with Crippen LogP contribution < -0.4 is 14.5 Å². The normalized spacial score (nSPS) is 14.0. The van der Waals surface area contributed by atoms with E-state index in [1.54, 1.807) is 44.7 Å². The highest BCUT2D eigenvalue weighted by molar-refractivity contribution is 6.74. The molecule has 45 heavy (non-hydrogen) atoms. The van der Waals surface area contributed by atoms with Crippen molar-refractivity contribution >= 4 is 14.1 Å². The van der Waals surface area contributed by atoms with E-state index >= 15 is 0 Å². The second kappa shape index (κ2) is 12.0. The molecular formula is C31H38F3N7O3Si. The molecule has 1 saturated carbocycles. The van der Waals surface area contributed by atoms with Crippen molar-refractivity contribution in [1.29, 1.82) is 0 Å². The Morgan fingerprint density at radius 2 is 1.67 bits per heavy atom. The first kappa shape index (κ1) is 32.4. The predicted molar refractivity (Wildman–Crippen MR) is 166 cm³/mol. The maximum absolute atomic E-state index is 13.3. The second-order valence-electron chi connectivity index (χ2n) is 12.6. The van der Waals surface area contributed by atoms with Gasteiger partial charge < -0.3 is 18.6 Å². The van der Waals surface area contributed by atoms with Crippen LogP contribution in [-0.2, 0) is 24.3 Å². The topological polar surface area (TPSA) is 100 Å². The summed E-state index contributed by atoms with van der Waals surface area (Å²) in [6.07, 6.45) is 1.59. The molecular weight excluding hydrogens is 603 g/mol. The lowest BCUT2D eigenvalue weighted by Crippen LogP contribution is -2.47. The standard InChI is InChI=1S/C31H38F3N7O3Si/c1-30(2,3)45(7,8)44-41(16-19-9-11-21(12-10-19)27-38-23(17-40(27)4)31(32,33)34)28-22(42-5)15-35-26(39-28)24-25(20-13-14-20)36-18-37-29(24)43-6/h9-12,15,17-18,20H,13-14,16H2,1-8H3. The largest absolute Gasteiger partial charge is 0.491 e. The van der Waals surface area contributed by atoms with Crippen LogP contribution in [0, 0.1) is 0 Å². The molecule has 0 spiro atoms. The Bertz CT molecular complexity index is 1670. The first-order chi connectivity index (χ1) is 21.1. The molecule has 0 amide bonds. The van der Waals surface area contributed by atoms with E-state index in [9.17, 15) is 13.2 Å². The number of anilines is 1. The Kier molecular flexibility index (Phi) is 8.66. The minimum atomic E-state index is -4.53. The van der Waals surface area contributed by atoms with Gasteiger partial charge >= 0.3 is 6.18 Å². The van der Waals surface area contributed by atoms with Crippen LogP contribution in [0.2, 0.25) is 18.1 Å². The Balaban J connectivity index is 1.56. The summed E-state index contributed by atoms with van der Waals surface area (Å²) in [5.74, 6) is 2.11. The molecule has 0 atom stereocenters. The molecule has 3 heterocycles. The van der Waals surface area contributed by atoms with Crippen molar-refractivity contribution in [3.8, 4) is 34.4 Å². The van der Waals surface area contributed by atoms with Crippen LogP contribution in [0.15, 0.2) is 43.0 Å². The van der Waals surface area contributed by atoms with E-state index in [1.807, 2.05) is 12.1 Å². The van der Waals surface area contributed by atoms with Gasteiger partial charge in [0.1, 0.15) is 17.7 Å². The molecule has 1 aromatic carbocycles. The molecule has 1 aliphatic rings. The number of aromatic nitrogens is 6. The van der Waals surface area contributed by atoms with Crippen LogP contribution in [0.25, 0.3) is 22.8 Å². The number of methoxy groups -OCH3 is 2. The monoisotopic (exact) mass is 641 g/mol. The summed E-state index contributed by atoms with van der Waals surface area (Å²) in [5.41, 5.74) is 1.93. The van der Waals surface area contributed by atoms with Crippen LogP contribution in [0.5, 0.6) is 11.6 Å². The molecule has 1 fully saturated rings. The zero-order chi connectivity index (χ0) is 32.7. The van der Waals surface area contributed by atoms with Gasteiger partial charge in [-0.05, 0) is 36.5 Å². The zero-order valence-corrected chi connectivity index (χ0v) is 27.7. The molecule has 10 nitrogen and oxygen atoms in total. The Hall–Kier alpha value is -4.04. The number of benzene rings is 1. The molecule has 0 saturated heterocycles. The molecule has 0 aliphatic heterocycles. The fraction of sp³-hybridized carbons (Fsp3) is 0.452. The lowest BCUT2D eigenvalue weighted by atomic mass is 10.1. The Morgan fingerprint density at radius 1 is 0.978 bits per heavy atom. The number of alkyl halides is 3. The van der Waals surface area contributed by atoms with Crippen molar-refractivity contribution in [2.75, 3.05) is 19.3 Å². The fourth-order valence-electron chi connectivity index (χ4n) is 4.58. The minimum Gasteiger partial charge on any atom is -0.491 e. The molecule has 0 unspecified atom stereocenters. The van der Waals surface area contributed by atoms with Crippen molar-refractivity contribution in [1.82, 2.24) is 29.5 Å². The zero-order valence-electron chi connectivity index (χ0n) is 26.7. The highest BCUT2D eigenvalue weighted by Crippen LogP contribution is 2.46. The highest BCUT2D eigenvalue weighted by atomic mass is 28.4. The smallest absolute Gasteiger partial charge is 0.434 e. The van der Waals surface area contributed by atoms with Crippen LogP contribution in [-0.4, -0.2) is 52.0 Å². The van der Waals surface area contributed by atoms with Crippen LogP contribution in [0.3, 0.4) is 0 Å². The maximum Gasteiger partial charge on any atom is 0.434 e. The number of imidazole rings is 1. The first-order valence-corrected chi connectivity index (χ1v) is 17.5. The van der Waals surface area contributed by atoms with E-state index in [1.165, 1.54) is 10.9 Å². The molecule has 5 rings (SSSR count). The van der Waals surface area contributed by atoms with Gasteiger partial charge in [0.25, 0.3) is 0 Å². The maximum atomic E-state index is 13.3. The number of nitrogens with zero attached hydrogens (tertiary/aromatic N) is 7. The van der Waals surface area contributed by atoms with Gasteiger partial charge in [0.15, 0.2) is 23.1 Å². The average molecular weight is 642 g/mol. The van der Waals surface area contributed by atoms with Gasteiger partial charge in [-0.25, -0.2) is 30.0 Å². The highest BCUT2D eigenvalue weighted by Gasteiger charge is 2.41. The van der Waals surface area contributed by atoms with Gasteiger partial charge in [0.2, 0.25) is 14.2 Å². The van der Waals surface area contributed by atoms with E-state index in [0.717, 1.165) is 30.3 Å². The predicted octanol–water partition coefficient (Wildman–Crippen LogP) is 7.19. The third-order valence-electron chi connectivity index (χ3n) is 8.26. The summed E-state index contributed by atoms with van der Waals surface area (Å²) in [5, 5.41) is 1.59.